The molecule has 0 spiro atoms. The van der Waals surface area contributed by atoms with Crippen LogP contribution in [0.15, 0.2) is 12.1 Å². The molecule has 0 fully saturated rings. The fraction of sp³-hybridized carbons (Fsp3) is 0.500. The van der Waals surface area contributed by atoms with Crippen molar-refractivity contribution in [3.8, 4) is 5.88 Å². The zero-order valence-electron chi connectivity index (χ0n) is 10.9. The Balaban J connectivity index is 2.64. The number of carbonyl (C=O) groups excluding carboxylic acids is 1. The van der Waals surface area contributed by atoms with Gasteiger partial charge in [-0.3, -0.25) is 4.79 Å². The number of pyridine rings is 1. The van der Waals surface area contributed by atoms with Crippen molar-refractivity contribution < 1.29 is 14.3 Å². The van der Waals surface area contributed by atoms with Crippen LogP contribution in [-0.4, -0.2) is 30.2 Å². The van der Waals surface area contributed by atoms with E-state index >= 15 is 0 Å². The van der Waals surface area contributed by atoms with Crippen LogP contribution >= 0.6 is 0 Å². The Bertz CT molecular complexity index is 408. The summed E-state index contributed by atoms with van der Waals surface area (Å²) in [5.41, 5.74) is 6.20. The van der Waals surface area contributed by atoms with Crippen molar-refractivity contribution in [1.29, 1.82) is 0 Å². The predicted octanol–water partition coefficient (Wildman–Crippen LogP) is 1.43. The summed E-state index contributed by atoms with van der Waals surface area (Å²) >= 11 is 0. The van der Waals surface area contributed by atoms with Crippen LogP contribution in [0.4, 0.5) is 11.5 Å². The molecule has 0 aliphatic heterocycles. The number of aromatic nitrogens is 1. The number of nitrogens with two attached hydrogens (primary N) is 1. The van der Waals surface area contributed by atoms with Crippen LogP contribution in [0, 0.1) is 0 Å². The highest BCUT2D eigenvalue weighted by Crippen LogP contribution is 2.21. The van der Waals surface area contributed by atoms with Gasteiger partial charge in [-0.1, -0.05) is 0 Å². The molecule has 18 heavy (non-hydrogen) atoms. The molecule has 0 unspecified atom stereocenters. The van der Waals surface area contributed by atoms with Gasteiger partial charge in [-0.15, -0.1) is 0 Å². The van der Waals surface area contributed by atoms with E-state index in [1.54, 1.807) is 19.1 Å². The van der Waals surface area contributed by atoms with Gasteiger partial charge >= 0.3 is 5.97 Å². The second-order valence-corrected chi connectivity index (χ2v) is 3.92. The average Bonchev–Trinajstić information content (AvgIpc) is 2.30. The molecule has 0 bridgehead atoms. The van der Waals surface area contributed by atoms with E-state index in [1.165, 1.54) is 0 Å². The summed E-state index contributed by atoms with van der Waals surface area (Å²) in [7, 11) is 0. The SMILES string of the molecule is CCOC(=O)CNc1ccc(N)c(OC(C)C)n1. The summed E-state index contributed by atoms with van der Waals surface area (Å²) in [5.74, 6) is 0.550. The molecule has 0 atom stereocenters. The van der Waals surface area contributed by atoms with Gasteiger partial charge < -0.3 is 20.5 Å². The molecule has 100 valence electrons. The molecule has 3 N–H and O–H groups in total. The van der Waals surface area contributed by atoms with Gasteiger partial charge in [0.2, 0.25) is 5.88 Å². The van der Waals surface area contributed by atoms with Crippen LogP contribution in [0.5, 0.6) is 5.88 Å². The number of esters is 1. The Morgan fingerprint density at radius 1 is 1.50 bits per heavy atom. The van der Waals surface area contributed by atoms with Crippen LogP contribution < -0.4 is 15.8 Å². The normalized spacial score (nSPS) is 10.2. The number of carbonyl (C=O) groups is 1. The summed E-state index contributed by atoms with van der Waals surface area (Å²) in [5, 5.41) is 2.85. The maximum Gasteiger partial charge on any atom is 0.325 e. The van der Waals surface area contributed by atoms with Crippen molar-refractivity contribution in [2.24, 2.45) is 0 Å². The smallest absolute Gasteiger partial charge is 0.325 e. The van der Waals surface area contributed by atoms with Gasteiger partial charge in [0.25, 0.3) is 0 Å². The number of anilines is 2. The van der Waals surface area contributed by atoms with Crippen molar-refractivity contribution in [2.45, 2.75) is 26.9 Å². The molecule has 0 amide bonds. The van der Waals surface area contributed by atoms with Crippen molar-refractivity contribution in [3.05, 3.63) is 12.1 Å². The first-order chi connectivity index (χ1) is 8.52. The largest absolute Gasteiger partial charge is 0.473 e. The molecule has 0 saturated heterocycles. The van der Waals surface area contributed by atoms with Crippen LogP contribution in [-0.2, 0) is 9.53 Å². The molecule has 6 heteroatoms. The molecule has 1 rings (SSSR count). The quantitative estimate of drug-likeness (QED) is 0.746. The Morgan fingerprint density at radius 3 is 2.83 bits per heavy atom. The Kier molecular flexibility index (Phi) is 5.23. The van der Waals surface area contributed by atoms with Crippen molar-refractivity contribution in [3.63, 3.8) is 0 Å². The topological polar surface area (TPSA) is 86.5 Å². The minimum atomic E-state index is -0.331. The van der Waals surface area contributed by atoms with Crippen LogP contribution in [0.3, 0.4) is 0 Å². The number of rotatable bonds is 6. The first-order valence-electron chi connectivity index (χ1n) is 5.85. The number of nitrogens with zero attached hydrogens (tertiary/aromatic N) is 1. The fourth-order valence-corrected chi connectivity index (χ4v) is 1.24. The standard InChI is InChI=1S/C12H19N3O3/c1-4-17-11(16)7-14-10-6-5-9(13)12(15-10)18-8(2)3/h5-6,8H,4,7,13H2,1-3H3,(H,14,15). The molecule has 0 radical (unpaired) electrons. The summed E-state index contributed by atoms with van der Waals surface area (Å²) in [6, 6.07) is 3.36. The van der Waals surface area contributed by atoms with Crippen molar-refractivity contribution in [1.82, 2.24) is 4.98 Å². The van der Waals surface area contributed by atoms with E-state index in [0.29, 0.717) is 24.0 Å². The first kappa shape index (κ1) is 14.1. The average molecular weight is 253 g/mol. The van der Waals surface area contributed by atoms with Gasteiger partial charge in [-0.05, 0) is 32.9 Å². The zero-order chi connectivity index (χ0) is 13.5. The zero-order valence-corrected chi connectivity index (χ0v) is 10.9. The van der Waals surface area contributed by atoms with E-state index in [0.717, 1.165) is 0 Å². The van der Waals surface area contributed by atoms with E-state index in [2.05, 4.69) is 10.3 Å². The molecule has 0 aliphatic carbocycles. The molecule has 6 nitrogen and oxygen atoms in total. The third kappa shape index (κ3) is 4.48. The van der Waals surface area contributed by atoms with E-state index in [4.69, 9.17) is 15.2 Å². The molecular weight excluding hydrogens is 234 g/mol. The lowest BCUT2D eigenvalue weighted by Gasteiger charge is -2.12. The molecule has 0 aliphatic rings. The van der Waals surface area contributed by atoms with Crippen LogP contribution in [0.2, 0.25) is 0 Å². The number of hydrogen-bond donors (Lipinski definition) is 2. The van der Waals surface area contributed by atoms with Crippen molar-refractivity contribution in [2.75, 3.05) is 24.2 Å². The summed E-state index contributed by atoms with van der Waals surface area (Å²) in [4.78, 5) is 15.4. The van der Waals surface area contributed by atoms with Crippen LogP contribution in [0.25, 0.3) is 0 Å². The number of ether oxygens (including phenoxy) is 2. The van der Waals surface area contributed by atoms with Gasteiger partial charge in [0.1, 0.15) is 12.4 Å². The monoisotopic (exact) mass is 253 g/mol. The molecule has 1 heterocycles. The Hall–Kier alpha value is -1.98. The third-order valence-corrected chi connectivity index (χ3v) is 1.96. The lowest BCUT2D eigenvalue weighted by atomic mass is 10.4. The highest BCUT2D eigenvalue weighted by atomic mass is 16.5. The van der Waals surface area contributed by atoms with E-state index < -0.39 is 0 Å². The van der Waals surface area contributed by atoms with Gasteiger partial charge in [0.05, 0.1) is 18.4 Å². The molecule has 0 aromatic carbocycles. The lowest BCUT2D eigenvalue weighted by Crippen LogP contribution is -2.18. The van der Waals surface area contributed by atoms with Gasteiger partial charge in [-0.25, -0.2) is 0 Å². The minimum absolute atomic E-state index is 0.0138. The predicted molar refractivity (Wildman–Crippen MR) is 69.5 cm³/mol. The maximum absolute atomic E-state index is 11.2. The van der Waals surface area contributed by atoms with Crippen LogP contribution in [0.1, 0.15) is 20.8 Å². The number of hydrogen-bond acceptors (Lipinski definition) is 6. The molecule has 1 aromatic heterocycles. The summed E-state index contributed by atoms with van der Waals surface area (Å²) < 4.78 is 10.2. The fourth-order valence-electron chi connectivity index (χ4n) is 1.24. The first-order valence-corrected chi connectivity index (χ1v) is 5.85. The number of nitrogen functional groups attached to an aromatic ring is 1. The summed E-state index contributed by atoms with van der Waals surface area (Å²) in [6.07, 6.45) is -0.0138. The summed E-state index contributed by atoms with van der Waals surface area (Å²) in [6.45, 7) is 5.96. The van der Waals surface area contributed by atoms with Gasteiger partial charge in [-0.2, -0.15) is 4.98 Å². The Labute approximate surface area is 106 Å². The lowest BCUT2D eigenvalue weighted by molar-refractivity contribution is -0.140. The maximum atomic E-state index is 11.2. The molecular formula is C12H19N3O3. The molecule has 1 aromatic rings. The third-order valence-electron chi connectivity index (χ3n) is 1.96. The highest BCUT2D eigenvalue weighted by Gasteiger charge is 2.07. The van der Waals surface area contributed by atoms with Crippen molar-refractivity contribution >= 4 is 17.5 Å². The molecule has 0 saturated carbocycles. The Morgan fingerprint density at radius 2 is 2.22 bits per heavy atom. The van der Waals surface area contributed by atoms with E-state index in [1.807, 2.05) is 13.8 Å². The highest BCUT2D eigenvalue weighted by molar-refractivity contribution is 5.74. The van der Waals surface area contributed by atoms with E-state index in [-0.39, 0.29) is 18.6 Å². The second kappa shape index (κ2) is 6.68. The van der Waals surface area contributed by atoms with Gasteiger partial charge in [0.15, 0.2) is 0 Å². The van der Waals surface area contributed by atoms with E-state index in [9.17, 15) is 4.79 Å². The second-order valence-electron chi connectivity index (χ2n) is 3.92. The number of nitrogens with one attached hydrogen (secondary N) is 1. The van der Waals surface area contributed by atoms with Gasteiger partial charge in [0, 0.05) is 0 Å². The minimum Gasteiger partial charge on any atom is -0.473 e.